The molecule has 0 bridgehead atoms. The predicted octanol–water partition coefficient (Wildman–Crippen LogP) is 3.08. The summed E-state index contributed by atoms with van der Waals surface area (Å²) < 4.78 is 5.34. The molecule has 0 unspecified atom stereocenters. The van der Waals surface area contributed by atoms with Gasteiger partial charge in [0.05, 0.1) is 7.11 Å². The molecule has 0 aromatic heterocycles. The summed E-state index contributed by atoms with van der Waals surface area (Å²) >= 11 is 6.00. The van der Waals surface area contributed by atoms with Crippen LogP contribution in [0.15, 0.2) is 18.2 Å². The fourth-order valence-corrected chi connectivity index (χ4v) is 2.52. The van der Waals surface area contributed by atoms with Crippen molar-refractivity contribution in [1.82, 2.24) is 0 Å². The molecule has 0 amide bonds. The molecule has 1 aliphatic carbocycles. The first kappa shape index (κ1) is 10.8. The maximum absolute atomic E-state index is 6.39. The number of rotatable bonds is 2. The highest BCUT2D eigenvalue weighted by Crippen LogP contribution is 2.41. The Morgan fingerprint density at radius 2 is 2.00 bits per heavy atom. The van der Waals surface area contributed by atoms with Crippen molar-refractivity contribution in [3.05, 3.63) is 28.8 Å². The Bertz CT molecular complexity index is 359. The van der Waals surface area contributed by atoms with Crippen molar-refractivity contribution in [2.24, 2.45) is 5.73 Å². The van der Waals surface area contributed by atoms with Crippen molar-refractivity contribution >= 4 is 11.6 Å². The van der Waals surface area contributed by atoms with Gasteiger partial charge >= 0.3 is 0 Å². The molecular formula is C12H16ClNO. The normalized spacial score (nSPS) is 19.1. The molecule has 1 aromatic rings. The molecule has 2 rings (SSSR count). The van der Waals surface area contributed by atoms with E-state index < -0.39 is 0 Å². The fourth-order valence-electron chi connectivity index (χ4n) is 2.34. The second-order valence-corrected chi connectivity index (χ2v) is 4.64. The second-order valence-electron chi connectivity index (χ2n) is 4.21. The van der Waals surface area contributed by atoms with Gasteiger partial charge in [-0.1, -0.05) is 24.4 Å². The largest absolute Gasteiger partial charge is 0.496 e. The van der Waals surface area contributed by atoms with E-state index in [-0.39, 0.29) is 5.54 Å². The van der Waals surface area contributed by atoms with E-state index in [0.717, 1.165) is 29.2 Å². The highest BCUT2D eigenvalue weighted by atomic mass is 35.5. The smallest absolute Gasteiger partial charge is 0.124 e. The lowest BCUT2D eigenvalue weighted by Crippen LogP contribution is -2.33. The van der Waals surface area contributed by atoms with Crippen LogP contribution in [0.25, 0.3) is 0 Å². The number of methoxy groups -OCH3 is 1. The van der Waals surface area contributed by atoms with Gasteiger partial charge in [-0.05, 0) is 31.0 Å². The van der Waals surface area contributed by atoms with Gasteiger partial charge in [-0.25, -0.2) is 0 Å². The summed E-state index contributed by atoms with van der Waals surface area (Å²) in [5, 5.41) is 0.725. The van der Waals surface area contributed by atoms with Crippen LogP contribution in [0.3, 0.4) is 0 Å². The van der Waals surface area contributed by atoms with E-state index in [0.29, 0.717) is 0 Å². The van der Waals surface area contributed by atoms with Crippen LogP contribution in [0.5, 0.6) is 5.75 Å². The van der Waals surface area contributed by atoms with Crippen molar-refractivity contribution in [1.29, 1.82) is 0 Å². The standard InChI is InChI=1S/C12H16ClNO/c1-15-11-5-4-9(13)8-10(11)12(14)6-2-3-7-12/h4-5,8H,2-3,6-7,14H2,1H3. The fraction of sp³-hybridized carbons (Fsp3) is 0.500. The van der Waals surface area contributed by atoms with E-state index >= 15 is 0 Å². The number of ether oxygens (including phenoxy) is 1. The summed E-state index contributed by atoms with van der Waals surface area (Å²) in [6.07, 6.45) is 4.41. The number of nitrogens with two attached hydrogens (primary N) is 1. The molecule has 15 heavy (non-hydrogen) atoms. The monoisotopic (exact) mass is 225 g/mol. The van der Waals surface area contributed by atoms with Crippen LogP contribution in [0.2, 0.25) is 5.02 Å². The molecular weight excluding hydrogens is 210 g/mol. The first-order valence-corrected chi connectivity index (χ1v) is 5.66. The van der Waals surface area contributed by atoms with Crippen LogP contribution in [0.1, 0.15) is 31.2 Å². The van der Waals surface area contributed by atoms with Gasteiger partial charge in [0.15, 0.2) is 0 Å². The zero-order valence-electron chi connectivity index (χ0n) is 8.92. The van der Waals surface area contributed by atoms with Crippen molar-refractivity contribution < 1.29 is 4.74 Å². The van der Waals surface area contributed by atoms with Crippen LogP contribution < -0.4 is 10.5 Å². The van der Waals surface area contributed by atoms with Gasteiger partial charge in [0.1, 0.15) is 5.75 Å². The maximum Gasteiger partial charge on any atom is 0.124 e. The number of hydrogen-bond acceptors (Lipinski definition) is 2. The van der Waals surface area contributed by atoms with Gasteiger partial charge in [-0.3, -0.25) is 0 Å². The molecule has 0 heterocycles. The van der Waals surface area contributed by atoms with Crippen LogP contribution in [-0.4, -0.2) is 7.11 Å². The van der Waals surface area contributed by atoms with Gasteiger partial charge in [-0.15, -0.1) is 0 Å². The Hall–Kier alpha value is -0.730. The molecule has 3 heteroatoms. The van der Waals surface area contributed by atoms with E-state index in [9.17, 15) is 0 Å². The molecule has 1 fully saturated rings. The zero-order chi connectivity index (χ0) is 10.9. The first-order valence-electron chi connectivity index (χ1n) is 5.29. The summed E-state index contributed by atoms with van der Waals surface area (Å²) in [5.41, 5.74) is 7.20. The summed E-state index contributed by atoms with van der Waals surface area (Å²) in [6.45, 7) is 0. The van der Waals surface area contributed by atoms with Gasteiger partial charge in [0.25, 0.3) is 0 Å². The lowest BCUT2D eigenvalue weighted by Gasteiger charge is -2.26. The van der Waals surface area contributed by atoms with Crippen LogP contribution in [0.4, 0.5) is 0 Å². The van der Waals surface area contributed by atoms with Gasteiger partial charge in [0, 0.05) is 16.1 Å². The molecule has 0 aliphatic heterocycles. The summed E-state index contributed by atoms with van der Waals surface area (Å²) in [6, 6.07) is 5.67. The molecule has 1 saturated carbocycles. The molecule has 0 saturated heterocycles. The topological polar surface area (TPSA) is 35.2 Å². The lowest BCUT2D eigenvalue weighted by atomic mass is 9.89. The van der Waals surface area contributed by atoms with E-state index in [2.05, 4.69) is 0 Å². The van der Waals surface area contributed by atoms with Crippen molar-refractivity contribution in [3.63, 3.8) is 0 Å². The molecule has 2 N–H and O–H groups in total. The second kappa shape index (κ2) is 4.03. The van der Waals surface area contributed by atoms with Gasteiger partial charge in [-0.2, -0.15) is 0 Å². The Morgan fingerprint density at radius 1 is 1.33 bits per heavy atom. The van der Waals surface area contributed by atoms with E-state index in [1.807, 2.05) is 18.2 Å². The molecule has 0 spiro atoms. The third kappa shape index (κ3) is 1.97. The third-order valence-electron chi connectivity index (χ3n) is 3.19. The Morgan fingerprint density at radius 3 is 2.60 bits per heavy atom. The molecule has 1 aliphatic rings. The van der Waals surface area contributed by atoms with E-state index in [1.54, 1.807) is 7.11 Å². The van der Waals surface area contributed by atoms with Gasteiger partial charge < -0.3 is 10.5 Å². The minimum atomic E-state index is -0.240. The quantitative estimate of drug-likeness (QED) is 0.840. The average Bonchev–Trinajstić information content (AvgIpc) is 2.66. The van der Waals surface area contributed by atoms with Crippen molar-refractivity contribution in [2.45, 2.75) is 31.2 Å². The number of benzene rings is 1. The maximum atomic E-state index is 6.39. The van der Waals surface area contributed by atoms with E-state index in [4.69, 9.17) is 22.1 Å². The molecule has 82 valence electrons. The van der Waals surface area contributed by atoms with Crippen LogP contribution in [0, 0.1) is 0 Å². The predicted molar refractivity (Wildman–Crippen MR) is 62.3 cm³/mol. The van der Waals surface area contributed by atoms with Gasteiger partial charge in [0.2, 0.25) is 0 Å². The minimum absolute atomic E-state index is 0.240. The molecule has 0 atom stereocenters. The van der Waals surface area contributed by atoms with Crippen LogP contribution in [-0.2, 0) is 5.54 Å². The van der Waals surface area contributed by atoms with Crippen LogP contribution >= 0.6 is 11.6 Å². The van der Waals surface area contributed by atoms with Crippen molar-refractivity contribution in [2.75, 3.05) is 7.11 Å². The summed E-state index contributed by atoms with van der Waals surface area (Å²) in [5.74, 6) is 0.851. The zero-order valence-corrected chi connectivity index (χ0v) is 9.68. The molecule has 2 nitrogen and oxygen atoms in total. The first-order chi connectivity index (χ1) is 7.15. The lowest BCUT2D eigenvalue weighted by molar-refractivity contribution is 0.379. The van der Waals surface area contributed by atoms with Crippen molar-refractivity contribution in [3.8, 4) is 5.75 Å². The molecule has 1 aromatic carbocycles. The highest BCUT2D eigenvalue weighted by Gasteiger charge is 2.33. The minimum Gasteiger partial charge on any atom is -0.496 e. The summed E-state index contributed by atoms with van der Waals surface area (Å²) in [7, 11) is 1.67. The summed E-state index contributed by atoms with van der Waals surface area (Å²) in [4.78, 5) is 0. The average molecular weight is 226 g/mol. The highest BCUT2D eigenvalue weighted by molar-refractivity contribution is 6.30. The SMILES string of the molecule is COc1ccc(Cl)cc1C1(N)CCCC1. The number of halogens is 1. The Balaban J connectivity index is 2.44. The number of hydrogen-bond donors (Lipinski definition) is 1. The third-order valence-corrected chi connectivity index (χ3v) is 3.43. The Kier molecular flexibility index (Phi) is 2.89. The Labute approximate surface area is 95.4 Å². The molecule has 0 radical (unpaired) electrons. The van der Waals surface area contributed by atoms with E-state index in [1.165, 1.54) is 12.8 Å².